The fraction of sp³-hybridized carbons (Fsp3) is 0.111. The number of halogens is 4. The smallest absolute Gasteiger partial charge is 0.417 e. The number of para-hydroxylation sites is 1. The van der Waals surface area contributed by atoms with Crippen molar-refractivity contribution < 1.29 is 22.7 Å². The highest BCUT2D eigenvalue weighted by Gasteiger charge is 2.37. The summed E-state index contributed by atoms with van der Waals surface area (Å²) in [5.41, 5.74) is -0.352. The van der Waals surface area contributed by atoms with Crippen LogP contribution >= 0.6 is 35.6 Å². The Labute approximate surface area is 167 Å². The van der Waals surface area contributed by atoms with Gasteiger partial charge < -0.3 is 4.74 Å². The summed E-state index contributed by atoms with van der Waals surface area (Å²) in [6, 6.07) is 10.3. The summed E-state index contributed by atoms with van der Waals surface area (Å²) in [6.07, 6.45) is -3.04. The number of thiocarbonyl (C=S) groups is 1. The lowest BCUT2D eigenvalue weighted by Crippen LogP contribution is -2.27. The number of hydrogen-bond donors (Lipinski definition) is 0. The summed E-state index contributed by atoms with van der Waals surface area (Å²) < 4.78 is 44.7. The summed E-state index contributed by atoms with van der Waals surface area (Å²) >= 11 is 11.9. The summed E-state index contributed by atoms with van der Waals surface area (Å²) in [7, 11) is 1.50. The summed E-state index contributed by atoms with van der Waals surface area (Å²) in [5.74, 6) is 0.0555. The van der Waals surface area contributed by atoms with Gasteiger partial charge in [-0.05, 0) is 30.3 Å². The number of rotatable bonds is 3. The molecule has 1 fully saturated rings. The molecule has 1 amide bonds. The highest BCUT2D eigenvalue weighted by Crippen LogP contribution is 2.41. The van der Waals surface area contributed by atoms with Gasteiger partial charge in [-0.1, -0.05) is 53.8 Å². The predicted octanol–water partition coefficient (Wildman–Crippen LogP) is 5.77. The largest absolute Gasteiger partial charge is 0.496 e. The van der Waals surface area contributed by atoms with Gasteiger partial charge in [0.15, 0.2) is 4.32 Å². The molecule has 3 nitrogen and oxygen atoms in total. The van der Waals surface area contributed by atoms with Crippen molar-refractivity contribution in [1.29, 1.82) is 0 Å². The Kier molecular flexibility index (Phi) is 5.50. The highest BCUT2D eigenvalue weighted by molar-refractivity contribution is 8.27. The molecule has 1 aliphatic heterocycles. The number of anilines is 1. The average molecular weight is 430 g/mol. The number of alkyl halides is 3. The predicted molar refractivity (Wildman–Crippen MR) is 105 cm³/mol. The zero-order valence-electron chi connectivity index (χ0n) is 13.7. The van der Waals surface area contributed by atoms with Crippen LogP contribution in [0.25, 0.3) is 6.08 Å². The molecule has 9 heteroatoms. The first-order valence-corrected chi connectivity index (χ1v) is 9.10. The van der Waals surface area contributed by atoms with E-state index < -0.39 is 22.7 Å². The van der Waals surface area contributed by atoms with Crippen molar-refractivity contribution in [3.8, 4) is 5.75 Å². The lowest BCUT2D eigenvalue weighted by molar-refractivity contribution is -0.137. The minimum Gasteiger partial charge on any atom is -0.496 e. The molecule has 140 valence electrons. The maximum atomic E-state index is 13.1. The highest BCUT2D eigenvalue weighted by atomic mass is 35.5. The Morgan fingerprint density at radius 3 is 2.59 bits per heavy atom. The van der Waals surface area contributed by atoms with Crippen molar-refractivity contribution in [3.63, 3.8) is 0 Å². The van der Waals surface area contributed by atoms with Gasteiger partial charge in [0.2, 0.25) is 0 Å². The van der Waals surface area contributed by atoms with Crippen LogP contribution in [0, 0.1) is 0 Å². The number of thioether (sulfide) groups is 1. The fourth-order valence-electron chi connectivity index (χ4n) is 2.49. The normalized spacial score (nSPS) is 16.3. The van der Waals surface area contributed by atoms with Gasteiger partial charge in [-0.2, -0.15) is 13.2 Å². The second-order valence-electron chi connectivity index (χ2n) is 5.42. The minimum absolute atomic E-state index is 0.0117. The standard InChI is InChI=1S/C18H11ClF3NO2S2/c1-25-14-5-3-2-4-10(14)8-15-16(24)23(17(26)27-15)11-6-7-13(19)12(9-11)18(20,21)22/h2-9H,1H3. The molecule has 0 aliphatic carbocycles. The maximum Gasteiger partial charge on any atom is 0.417 e. The van der Waals surface area contributed by atoms with E-state index in [-0.39, 0.29) is 14.9 Å². The first-order chi connectivity index (χ1) is 12.7. The molecule has 3 rings (SSSR count). The van der Waals surface area contributed by atoms with E-state index in [4.69, 9.17) is 28.6 Å². The number of amides is 1. The van der Waals surface area contributed by atoms with Gasteiger partial charge in [-0.3, -0.25) is 9.69 Å². The van der Waals surface area contributed by atoms with E-state index >= 15 is 0 Å². The number of carbonyl (C=O) groups is 1. The second kappa shape index (κ2) is 7.53. The first-order valence-electron chi connectivity index (χ1n) is 7.50. The molecule has 0 atom stereocenters. The molecule has 1 heterocycles. The first kappa shape index (κ1) is 19.7. The molecule has 27 heavy (non-hydrogen) atoms. The Bertz CT molecular complexity index is 960. The van der Waals surface area contributed by atoms with Gasteiger partial charge in [-0.15, -0.1) is 0 Å². The molecule has 0 spiro atoms. The summed E-state index contributed by atoms with van der Waals surface area (Å²) in [6.45, 7) is 0. The number of hydrogen-bond acceptors (Lipinski definition) is 4. The van der Waals surface area contributed by atoms with Crippen LogP contribution in [-0.2, 0) is 11.0 Å². The fourth-order valence-corrected chi connectivity index (χ4v) is 4.00. The van der Waals surface area contributed by atoms with Crippen LogP contribution in [0.1, 0.15) is 11.1 Å². The average Bonchev–Trinajstić information content (AvgIpc) is 2.89. The molecule has 1 saturated heterocycles. The number of methoxy groups -OCH3 is 1. The van der Waals surface area contributed by atoms with Crippen molar-refractivity contribution in [1.82, 2.24) is 0 Å². The monoisotopic (exact) mass is 429 g/mol. The van der Waals surface area contributed by atoms with E-state index in [9.17, 15) is 18.0 Å². The molecular formula is C18H11ClF3NO2S2. The Morgan fingerprint density at radius 1 is 1.22 bits per heavy atom. The van der Waals surface area contributed by atoms with Gasteiger partial charge in [0.1, 0.15) is 5.75 Å². The van der Waals surface area contributed by atoms with Crippen LogP contribution < -0.4 is 9.64 Å². The van der Waals surface area contributed by atoms with E-state index in [2.05, 4.69) is 0 Å². The van der Waals surface area contributed by atoms with E-state index in [0.717, 1.165) is 28.8 Å². The third kappa shape index (κ3) is 3.97. The minimum atomic E-state index is -4.64. The molecule has 0 saturated carbocycles. The van der Waals surface area contributed by atoms with E-state index in [0.29, 0.717) is 11.3 Å². The third-order valence-electron chi connectivity index (χ3n) is 3.73. The maximum absolute atomic E-state index is 13.1. The van der Waals surface area contributed by atoms with E-state index in [1.165, 1.54) is 13.2 Å². The van der Waals surface area contributed by atoms with Crippen LogP contribution in [0.4, 0.5) is 18.9 Å². The van der Waals surface area contributed by atoms with E-state index in [1.807, 2.05) is 0 Å². The molecule has 2 aromatic carbocycles. The molecular weight excluding hydrogens is 419 g/mol. The van der Waals surface area contributed by atoms with Crippen LogP contribution in [-0.4, -0.2) is 17.3 Å². The van der Waals surface area contributed by atoms with Crippen molar-refractivity contribution in [2.24, 2.45) is 0 Å². The van der Waals surface area contributed by atoms with Crippen molar-refractivity contribution >= 4 is 57.6 Å². The van der Waals surface area contributed by atoms with Gasteiger partial charge >= 0.3 is 6.18 Å². The molecule has 0 radical (unpaired) electrons. The van der Waals surface area contributed by atoms with Crippen molar-refractivity contribution in [2.75, 3.05) is 12.0 Å². The zero-order valence-corrected chi connectivity index (χ0v) is 16.1. The van der Waals surface area contributed by atoms with Gasteiger partial charge in [0.25, 0.3) is 5.91 Å². The molecule has 2 aromatic rings. The van der Waals surface area contributed by atoms with Gasteiger partial charge in [0, 0.05) is 5.56 Å². The molecule has 1 aliphatic rings. The number of benzene rings is 2. The molecule has 0 N–H and O–H groups in total. The van der Waals surface area contributed by atoms with Crippen LogP contribution in [0.2, 0.25) is 5.02 Å². The van der Waals surface area contributed by atoms with Crippen molar-refractivity contribution in [3.05, 3.63) is 63.5 Å². The van der Waals surface area contributed by atoms with Gasteiger partial charge in [-0.25, -0.2) is 0 Å². The molecule has 0 unspecified atom stereocenters. The summed E-state index contributed by atoms with van der Waals surface area (Å²) in [4.78, 5) is 14.1. The van der Waals surface area contributed by atoms with Crippen LogP contribution in [0.3, 0.4) is 0 Å². The molecule has 0 aromatic heterocycles. The lowest BCUT2D eigenvalue weighted by atomic mass is 10.1. The van der Waals surface area contributed by atoms with Crippen LogP contribution in [0.5, 0.6) is 5.75 Å². The number of nitrogens with zero attached hydrogens (tertiary/aromatic N) is 1. The number of ether oxygens (including phenoxy) is 1. The van der Waals surface area contributed by atoms with E-state index in [1.54, 1.807) is 30.3 Å². The number of carbonyl (C=O) groups excluding carboxylic acids is 1. The second-order valence-corrected chi connectivity index (χ2v) is 7.50. The van der Waals surface area contributed by atoms with Crippen LogP contribution in [0.15, 0.2) is 47.4 Å². The Balaban J connectivity index is 1.99. The molecule has 0 bridgehead atoms. The third-order valence-corrected chi connectivity index (χ3v) is 5.36. The Morgan fingerprint density at radius 2 is 1.93 bits per heavy atom. The van der Waals surface area contributed by atoms with Gasteiger partial charge in [0.05, 0.1) is 28.3 Å². The topological polar surface area (TPSA) is 29.5 Å². The Hall–Kier alpha value is -2.03. The quantitative estimate of drug-likeness (QED) is 0.457. The SMILES string of the molecule is COc1ccccc1C=C1SC(=S)N(c2ccc(Cl)c(C(F)(F)F)c2)C1=O. The lowest BCUT2D eigenvalue weighted by Gasteiger charge is -2.17. The van der Waals surface area contributed by atoms with Crippen molar-refractivity contribution in [2.45, 2.75) is 6.18 Å². The summed E-state index contributed by atoms with van der Waals surface area (Å²) in [5, 5.41) is -0.443. The zero-order chi connectivity index (χ0) is 19.8.